The van der Waals surface area contributed by atoms with Gasteiger partial charge in [-0.25, -0.2) is 13.1 Å². The van der Waals surface area contributed by atoms with Crippen LogP contribution in [0.15, 0.2) is 47.4 Å². The summed E-state index contributed by atoms with van der Waals surface area (Å²) in [5.74, 6) is -0.0422. The van der Waals surface area contributed by atoms with Crippen LogP contribution in [-0.2, 0) is 14.8 Å². The molecule has 2 aromatic rings. The highest BCUT2D eigenvalue weighted by Gasteiger charge is 2.26. The zero-order valence-corrected chi connectivity index (χ0v) is 14.3. The second-order valence-electron chi connectivity index (χ2n) is 6.48. The maximum atomic E-state index is 12.5. The molecule has 6 heteroatoms. The van der Waals surface area contributed by atoms with Gasteiger partial charge in [0.15, 0.2) is 0 Å². The monoisotopic (exact) mass is 346 g/mol. The van der Waals surface area contributed by atoms with Gasteiger partial charge >= 0.3 is 0 Å². The Morgan fingerprint density at radius 2 is 1.71 bits per heavy atom. The number of primary amides is 1. The summed E-state index contributed by atoms with van der Waals surface area (Å²) in [4.78, 5) is 11.5. The number of sulfonamides is 1. The summed E-state index contributed by atoms with van der Waals surface area (Å²) in [7, 11) is -3.52. The SMILES string of the molecule is NC(=O)[C@H]1CC[C@H](CNS(=O)(=O)c2ccc3ccccc3c2)CC1. The Hall–Kier alpha value is -1.92. The van der Waals surface area contributed by atoms with Crippen molar-refractivity contribution in [1.82, 2.24) is 4.72 Å². The lowest BCUT2D eigenvalue weighted by Crippen LogP contribution is -2.33. The van der Waals surface area contributed by atoms with E-state index in [1.807, 2.05) is 30.3 Å². The Labute approximate surface area is 142 Å². The van der Waals surface area contributed by atoms with Crippen LogP contribution in [0.5, 0.6) is 0 Å². The molecule has 5 nitrogen and oxygen atoms in total. The molecule has 3 N–H and O–H groups in total. The predicted octanol–water partition coefficient (Wildman–Crippen LogP) is 2.41. The maximum absolute atomic E-state index is 12.5. The fraction of sp³-hybridized carbons (Fsp3) is 0.389. The molecule has 1 aliphatic carbocycles. The number of hydrogen-bond donors (Lipinski definition) is 2. The van der Waals surface area contributed by atoms with Crippen LogP contribution in [0.25, 0.3) is 10.8 Å². The van der Waals surface area contributed by atoms with E-state index in [1.165, 1.54) is 0 Å². The second-order valence-corrected chi connectivity index (χ2v) is 8.25. The lowest BCUT2D eigenvalue weighted by atomic mass is 9.82. The summed E-state index contributed by atoms with van der Waals surface area (Å²) in [5, 5.41) is 1.92. The summed E-state index contributed by atoms with van der Waals surface area (Å²) < 4.78 is 27.7. The minimum Gasteiger partial charge on any atom is -0.369 e. The van der Waals surface area contributed by atoms with Crippen LogP contribution in [0.3, 0.4) is 0 Å². The zero-order valence-electron chi connectivity index (χ0n) is 13.4. The van der Waals surface area contributed by atoms with Crippen LogP contribution in [0.1, 0.15) is 25.7 Å². The van der Waals surface area contributed by atoms with Gasteiger partial charge in [0.2, 0.25) is 15.9 Å². The minimum absolute atomic E-state index is 0.0571. The molecule has 0 aliphatic heterocycles. The van der Waals surface area contributed by atoms with Gasteiger partial charge in [-0.15, -0.1) is 0 Å². The molecule has 0 bridgehead atoms. The second kappa shape index (κ2) is 6.91. The maximum Gasteiger partial charge on any atom is 0.240 e. The molecule has 1 saturated carbocycles. The highest BCUT2D eigenvalue weighted by atomic mass is 32.2. The van der Waals surface area contributed by atoms with E-state index in [9.17, 15) is 13.2 Å². The number of amides is 1. The third kappa shape index (κ3) is 3.76. The van der Waals surface area contributed by atoms with Crippen LogP contribution >= 0.6 is 0 Å². The Balaban J connectivity index is 1.64. The molecule has 0 radical (unpaired) electrons. The van der Waals surface area contributed by atoms with E-state index in [0.717, 1.165) is 36.5 Å². The standard InChI is InChI=1S/C18H22N2O3S/c19-18(21)15-7-5-13(6-8-15)12-20-24(22,23)17-10-9-14-3-1-2-4-16(14)11-17/h1-4,9-11,13,15,20H,5-8,12H2,(H2,19,21)/t13-,15-. The van der Waals surface area contributed by atoms with Gasteiger partial charge in [-0.1, -0.05) is 30.3 Å². The highest BCUT2D eigenvalue weighted by molar-refractivity contribution is 7.89. The molecule has 0 aromatic heterocycles. The van der Waals surface area contributed by atoms with Gasteiger partial charge in [-0.2, -0.15) is 0 Å². The van der Waals surface area contributed by atoms with Crippen LogP contribution < -0.4 is 10.5 Å². The first kappa shape index (κ1) is 16.9. The molecule has 0 atom stereocenters. The zero-order chi connectivity index (χ0) is 17.2. The number of nitrogens with two attached hydrogens (primary N) is 1. The molecule has 24 heavy (non-hydrogen) atoms. The smallest absolute Gasteiger partial charge is 0.240 e. The fourth-order valence-electron chi connectivity index (χ4n) is 3.30. The average Bonchev–Trinajstić information content (AvgIpc) is 2.60. The first-order chi connectivity index (χ1) is 11.5. The Kier molecular flexibility index (Phi) is 4.87. The van der Waals surface area contributed by atoms with Gasteiger partial charge < -0.3 is 5.73 Å². The summed E-state index contributed by atoms with van der Waals surface area (Å²) >= 11 is 0. The van der Waals surface area contributed by atoms with Crippen molar-refractivity contribution in [1.29, 1.82) is 0 Å². The van der Waals surface area contributed by atoms with E-state index in [4.69, 9.17) is 5.73 Å². The van der Waals surface area contributed by atoms with Crippen LogP contribution in [-0.4, -0.2) is 20.9 Å². The van der Waals surface area contributed by atoms with Crippen LogP contribution in [0, 0.1) is 11.8 Å². The first-order valence-corrected chi connectivity index (χ1v) is 9.72. The number of nitrogens with one attached hydrogen (secondary N) is 1. The molecule has 0 heterocycles. The lowest BCUT2D eigenvalue weighted by molar-refractivity contribution is -0.122. The fourth-order valence-corrected chi connectivity index (χ4v) is 4.45. The topological polar surface area (TPSA) is 89.3 Å². The average molecular weight is 346 g/mol. The highest BCUT2D eigenvalue weighted by Crippen LogP contribution is 2.28. The van der Waals surface area contributed by atoms with Gasteiger partial charge in [-0.3, -0.25) is 4.79 Å². The molecule has 3 rings (SSSR count). The quantitative estimate of drug-likeness (QED) is 0.871. The molecule has 2 aromatic carbocycles. The normalized spacial score (nSPS) is 21.7. The predicted molar refractivity (Wildman–Crippen MR) is 93.8 cm³/mol. The Morgan fingerprint density at radius 3 is 2.38 bits per heavy atom. The number of benzene rings is 2. The van der Waals surface area contributed by atoms with Gasteiger partial charge in [0.25, 0.3) is 0 Å². The van der Waals surface area contributed by atoms with Crippen molar-refractivity contribution in [3.8, 4) is 0 Å². The summed E-state index contributed by atoms with van der Waals surface area (Å²) in [6.45, 7) is 0.403. The van der Waals surface area contributed by atoms with E-state index >= 15 is 0 Å². The van der Waals surface area contributed by atoms with Crippen molar-refractivity contribution >= 4 is 26.7 Å². The van der Waals surface area contributed by atoms with E-state index in [0.29, 0.717) is 6.54 Å². The lowest BCUT2D eigenvalue weighted by Gasteiger charge is -2.26. The molecule has 1 amide bonds. The molecule has 1 aliphatic rings. The third-order valence-electron chi connectivity index (χ3n) is 4.84. The van der Waals surface area contributed by atoms with Crippen molar-refractivity contribution < 1.29 is 13.2 Å². The minimum atomic E-state index is -3.52. The molecule has 0 unspecified atom stereocenters. The molecule has 0 saturated heterocycles. The van der Waals surface area contributed by atoms with E-state index < -0.39 is 10.0 Å². The molecule has 128 valence electrons. The summed E-state index contributed by atoms with van der Waals surface area (Å²) in [5.41, 5.74) is 5.33. The van der Waals surface area contributed by atoms with E-state index in [1.54, 1.807) is 12.1 Å². The number of carbonyl (C=O) groups is 1. The van der Waals surface area contributed by atoms with Crippen molar-refractivity contribution in [3.05, 3.63) is 42.5 Å². The number of hydrogen-bond acceptors (Lipinski definition) is 3. The van der Waals surface area contributed by atoms with E-state index in [2.05, 4.69) is 4.72 Å². The Bertz CT molecular complexity index is 840. The van der Waals surface area contributed by atoms with Gasteiger partial charge in [0.05, 0.1) is 4.90 Å². The van der Waals surface area contributed by atoms with Gasteiger partial charge in [-0.05, 0) is 54.5 Å². The van der Waals surface area contributed by atoms with Crippen molar-refractivity contribution in [3.63, 3.8) is 0 Å². The van der Waals surface area contributed by atoms with Crippen molar-refractivity contribution in [2.45, 2.75) is 30.6 Å². The van der Waals surface area contributed by atoms with Crippen LogP contribution in [0.4, 0.5) is 0 Å². The first-order valence-electron chi connectivity index (χ1n) is 8.23. The summed E-state index contributed by atoms with van der Waals surface area (Å²) in [6, 6.07) is 12.8. The number of rotatable bonds is 5. The molecule has 0 spiro atoms. The van der Waals surface area contributed by atoms with Gasteiger partial charge in [0.1, 0.15) is 0 Å². The molecular weight excluding hydrogens is 324 g/mol. The van der Waals surface area contributed by atoms with Crippen molar-refractivity contribution in [2.75, 3.05) is 6.54 Å². The van der Waals surface area contributed by atoms with E-state index in [-0.39, 0.29) is 22.6 Å². The van der Waals surface area contributed by atoms with Crippen molar-refractivity contribution in [2.24, 2.45) is 17.6 Å². The molecular formula is C18H22N2O3S. The van der Waals surface area contributed by atoms with Gasteiger partial charge in [0, 0.05) is 12.5 Å². The number of fused-ring (bicyclic) bond motifs is 1. The Morgan fingerprint density at radius 1 is 1.04 bits per heavy atom. The summed E-state index contributed by atoms with van der Waals surface area (Å²) in [6.07, 6.45) is 3.15. The molecule has 1 fully saturated rings. The number of carbonyl (C=O) groups excluding carboxylic acids is 1. The van der Waals surface area contributed by atoms with Crippen LogP contribution in [0.2, 0.25) is 0 Å². The largest absolute Gasteiger partial charge is 0.369 e. The third-order valence-corrected chi connectivity index (χ3v) is 6.26.